The first-order valence-electron chi connectivity index (χ1n) is 7.24. The van der Waals surface area contributed by atoms with Gasteiger partial charge in [-0.05, 0) is 67.2 Å². The van der Waals surface area contributed by atoms with Crippen LogP contribution in [0.4, 0.5) is 0 Å². The SMILES string of the molecule is CC(C)(C)N1C(=O)CCCC(N)C1c1ccc(Cl)c(Br)c1. The Morgan fingerprint density at radius 2 is 2.05 bits per heavy atom. The molecule has 1 aliphatic heterocycles. The van der Waals surface area contributed by atoms with Gasteiger partial charge in [0.2, 0.25) is 5.91 Å². The molecular weight excluding hydrogens is 352 g/mol. The van der Waals surface area contributed by atoms with Crippen molar-refractivity contribution in [3.05, 3.63) is 33.3 Å². The van der Waals surface area contributed by atoms with Crippen LogP contribution >= 0.6 is 27.5 Å². The van der Waals surface area contributed by atoms with Crippen LogP contribution in [0.25, 0.3) is 0 Å². The molecule has 0 aliphatic carbocycles. The minimum atomic E-state index is -0.268. The monoisotopic (exact) mass is 372 g/mol. The number of carbonyl (C=O) groups excluding carboxylic acids is 1. The van der Waals surface area contributed by atoms with Gasteiger partial charge in [-0.1, -0.05) is 17.7 Å². The number of rotatable bonds is 1. The van der Waals surface area contributed by atoms with E-state index in [1.807, 2.05) is 23.1 Å². The van der Waals surface area contributed by atoms with Crippen LogP contribution in [0.15, 0.2) is 22.7 Å². The second-order valence-corrected chi connectivity index (χ2v) is 7.87. The lowest BCUT2D eigenvalue weighted by Gasteiger charge is -2.43. The normalized spacial score (nSPS) is 24.1. The minimum absolute atomic E-state index is 0.0660. The zero-order chi connectivity index (χ0) is 15.8. The van der Waals surface area contributed by atoms with E-state index in [0.717, 1.165) is 22.9 Å². The molecule has 1 aromatic carbocycles. The Balaban J connectivity index is 2.51. The third-order valence-corrected chi connectivity index (χ3v) is 5.10. The van der Waals surface area contributed by atoms with Gasteiger partial charge < -0.3 is 10.6 Å². The summed E-state index contributed by atoms with van der Waals surface area (Å²) in [6.07, 6.45) is 2.26. The van der Waals surface area contributed by atoms with E-state index in [-0.39, 0.29) is 23.5 Å². The molecule has 21 heavy (non-hydrogen) atoms. The topological polar surface area (TPSA) is 46.3 Å². The molecule has 116 valence electrons. The highest BCUT2D eigenvalue weighted by Crippen LogP contribution is 2.37. The molecule has 2 atom stereocenters. The molecule has 1 heterocycles. The summed E-state index contributed by atoms with van der Waals surface area (Å²) in [6, 6.07) is 5.61. The number of nitrogens with zero attached hydrogens (tertiary/aromatic N) is 1. The predicted octanol–water partition coefficient (Wildman–Crippen LogP) is 4.28. The van der Waals surface area contributed by atoms with Crippen molar-refractivity contribution in [3.8, 4) is 0 Å². The van der Waals surface area contributed by atoms with E-state index in [2.05, 4.69) is 36.7 Å². The summed E-state index contributed by atoms with van der Waals surface area (Å²) in [4.78, 5) is 14.5. The van der Waals surface area contributed by atoms with Gasteiger partial charge in [0.05, 0.1) is 11.1 Å². The van der Waals surface area contributed by atoms with E-state index < -0.39 is 0 Å². The summed E-state index contributed by atoms with van der Waals surface area (Å²) in [5.74, 6) is 0.173. The van der Waals surface area contributed by atoms with E-state index in [0.29, 0.717) is 11.4 Å². The molecule has 0 saturated carbocycles. The molecule has 2 N–H and O–H groups in total. The second kappa shape index (κ2) is 6.27. The molecule has 1 aliphatic rings. The first-order valence-corrected chi connectivity index (χ1v) is 8.41. The molecular formula is C16H22BrClN2O. The van der Waals surface area contributed by atoms with Crippen molar-refractivity contribution in [1.29, 1.82) is 0 Å². The lowest BCUT2D eigenvalue weighted by atomic mass is 9.92. The predicted molar refractivity (Wildman–Crippen MR) is 90.3 cm³/mol. The van der Waals surface area contributed by atoms with E-state index in [9.17, 15) is 4.79 Å². The number of benzene rings is 1. The zero-order valence-electron chi connectivity index (χ0n) is 12.7. The number of hydrogen-bond acceptors (Lipinski definition) is 2. The van der Waals surface area contributed by atoms with Gasteiger partial charge in [0, 0.05) is 22.5 Å². The van der Waals surface area contributed by atoms with E-state index in [1.54, 1.807) is 0 Å². The van der Waals surface area contributed by atoms with Gasteiger partial charge in [0.15, 0.2) is 0 Å². The van der Waals surface area contributed by atoms with Crippen molar-refractivity contribution in [2.24, 2.45) is 5.73 Å². The highest BCUT2D eigenvalue weighted by Gasteiger charge is 2.39. The van der Waals surface area contributed by atoms with Gasteiger partial charge in [0.25, 0.3) is 0 Å². The summed E-state index contributed by atoms with van der Waals surface area (Å²) in [7, 11) is 0. The van der Waals surface area contributed by atoms with Gasteiger partial charge in [-0.25, -0.2) is 0 Å². The average Bonchev–Trinajstić information content (AvgIpc) is 2.51. The smallest absolute Gasteiger partial charge is 0.223 e. The van der Waals surface area contributed by atoms with Crippen LogP contribution in [0, 0.1) is 0 Å². The molecule has 1 saturated heterocycles. The lowest BCUT2D eigenvalue weighted by molar-refractivity contribution is -0.139. The van der Waals surface area contributed by atoms with Crippen LogP contribution in [0.3, 0.4) is 0 Å². The van der Waals surface area contributed by atoms with Crippen LogP contribution in [-0.4, -0.2) is 22.4 Å². The van der Waals surface area contributed by atoms with Crippen LogP contribution in [-0.2, 0) is 4.79 Å². The Bertz CT molecular complexity index is 542. The van der Waals surface area contributed by atoms with E-state index in [1.165, 1.54) is 0 Å². The number of likely N-dealkylation sites (tertiary alicyclic amines) is 1. The molecule has 2 rings (SSSR count). The van der Waals surface area contributed by atoms with Crippen LogP contribution in [0.5, 0.6) is 0 Å². The largest absolute Gasteiger partial charge is 0.329 e. The molecule has 0 radical (unpaired) electrons. The average molecular weight is 374 g/mol. The maximum Gasteiger partial charge on any atom is 0.223 e. The first kappa shape index (κ1) is 16.8. The summed E-state index contributed by atoms with van der Waals surface area (Å²) < 4.78 is 0.833. The van der Waals surface area contributed by atoms with Crippen molar-refractivity contribution in [2.75, 3.05) is 0 Å². The zero-order valence-corrected chi connectivity index (χ0v) is 15.0. The van der Waals surface area contributed by atoms with Crippen molar-refractivity contribution >= 4 is 33.4 Å². The Hall–Kier alpha value is -0.580. The van der Waals surface area contributed by atoms with Gasteiger partial charge >= 0.3 is 0 Å². The summed E-state index contributed by atoms with van der Waals surface area (Å²) >= 11 is 9.55. The standard InChI is InChI=1S/C16H22BrClN2O/c1-16(2,3)20-14(21)6-4-5-13(19)15(20)10-7-8-12(18)11(17)9-10/h7-9,13,15H,4-6,19H2,1-3H3. The van der Waals surface area contributed by atoms with Crippen molar-refractivity contribution in [3.63, 3.8) is 0 Å². The number of nitrogens with two attached hydrogens (primary N) is 1. The maximum absolute atomic E-state index is 12.6. The van der Waals surface area contributed by atoms with E-state index in [4.69, 9.17) is 17.3 Å². The van der Waals surface area contributed by atoms with Gasteiger partial charge in [-0.2, -0.15) is 0 Å². The van der Waals surface area contributed by atoms with Gasteiger partial charge in [-0.3, -0.25) is 4.79 Å². The Morgan fingerprint density at radius 3 is 2.62 bits per heavy atom. The molecule has 1 amide bonds. The van der Waals surface area contributed by atoms with Crippen LogP contribution < -0.4 is 5.73 Å². The highest BCUT2D eigenvalue weighted by molar-refractivity contribution is 9.10. The third kappa shape index (κ3) is 3.61. The van der Waals surface area contributed by atoms with Crippen molar-refractivity contribution < 1.29 is 4.79 Å². The van der Waals surface area contributed by atoms with Crippen molar-refractivity contribution in [1.82, 2.24) is 4.90 Å². The fraction of sp³-hybridized carbons (Fsp3) is 0.562. The number of amides is 1. The van der Waals surface area contributed by atoms with Crippen molar-refractivity contribution in [2.45, 2.75) is 57.7 Å². The Morgan fingerprint density at radius 1 is 1.38 bits per heavy atom. The summed E-state index contributed by atoms with van der Waals surface area (Å²) in [5, 5.41) is 0.662. The minimum Gasteiger partial charge on any atom is -0.329 e. The quantitative estimate of drug-likeness (QED) is 0.798. The van der Waals surface area contributed by atoms with Crippen LogP contribution in [0.2, 0.25) is 5.02 Å². The maximum atomic E-state index is 12.6. The first-order chi connectivity index (χ1) is 9.71. The van der Waals surface area contributed by atoms with Gasteiger partial charge in [-0.15, -0.1) is 0 Å². The fourth-order valence-electron chi connectivity index (χ4n) is 3.00. The van der Waals surface area contributed by atoms with Crippen LogP contribution in [0.1, 0.15) is 51.6 Å². The summed E-state index contributed by atoms with van der Waals surface area (Å²) in [5.41, 5.74) is 7.17. The fourth-order valence-corrected chi connectivity index (χ4v) is 3.51. The number of carbonyl (C=O) groups is 1. The molecule has 3 nitrogen and oxygen atoms in total. The molecule has 1 fully saturated rings. The molecule has 1 aromatic rings. The molecule has 0 spiro atoms. The highest BCUT2D eigenvalue weighted by atomic mass is 79.9. The Kier molecular flexibility index (Phi) is 5.01. The molecule has 0 aromatic heterocycles. The third-order valence-electron chi connectivity index (χ3n) is 3.89. The second-order valence-electron chi connectivity index (χ2n) is 6.61. The molecule has 5 heteroatoms. The number of halogens is 2. The molecule has 2 unspecified atom stereocenters. The number of hydrogen-bond donors (Lipinski definition) is 1. The Labute approximate surface area is 140 Å². The van der Waals surface area contributed by atoms with E-state index >= 15 is 0 Å². The molecule has 0 bridgehead atoms. The summed E-state index contributed by atoms with van der Waals surface area (Å²) in [6.45, 7) is 6.17. The lowest BCUT2D eigenvalue weighted by Crippen LogP contribution is -2.51. The van der Waals surface area contributed by atoms with Gasteiger partial charge in [0.1, 0.15) is 0 Å².